The molecule has 1 N–H and O–H groups in total. The number of aromatic nitrogens is 2. The molecular formula is C18H14BrN3O4. The Morgan fingerprint density at radius 3 is 2.73 bits per heavy atom. The Morgan fingerprint density at radius 1 is 1.19 bits per heavy atom. The first-order valence-corrected chi connectivity index (χ1v) is 8.74. The SMILES string of the molecule is O=C(Cn1cnc2ccccc2c1=O)Nc1cc2c(cc1Br)OCCO2. The van der Waals surface area contributed by atoms with Crippen LogP contribution in [0.15, 0.2) is 52.0 Å². The van der Waals surface area contributed by atoms with Crippen molar-refractivity contribution in [2.24, 2.45) is 0 Å². The number of amides is 1. The van der Waals surface area contributed by atoms with Gasteiger partial charge in [-0.1, -0.05) is 12.1 Å². The maximum absolute atomic E-state index is 12.5. The molecule has 0 aliphatic carbocycles. The Labute approximate surface area is 156 Å². The van der Waals surface area contributed by atoms with Gasteiger partial charge in [0.05, 0.1) is 22.9 Å². The molecule has 0 fully saturated rings. The lowest BCUT2D eigenvalue weighted by molar-refractivity contribution is -0.116. The van der Waals surface area contributed by atoms with Gasteiger partial charge in [-0.05, 0) is 28.1 Å². The molecule has 0 unspecified atom stereocenters. The van der Waals surface area contributed by atoms with Crippen LogP contribution in [-0.2, 0) is 11.3 Å². The Bertz CT molecular complexity index is 1060. The highest BCUT2D eigenvalue weighted by atomic mass is 79.9. The van der Waals surface area contributed by atoms with Gasteiger partial charge < -0.3 is 14.8 Å². The molecule has 3 aromatic rings. The quantitative estimate of drug-likeness (QED) is 0.710. The molecule has 132 valence electrons. The molecule has 1 amide bonds. The van der Waals surface area contributed by atoms with Crippen LogP contribution in [0.1, 0.15) is 0 Å². The molecule has 1 aliphatic rings. The number of hydrogen-bond donors (Lipinski definition) is 1. The minimum absolute atomic E-state index is 0.141. The second kappa shape index (κ2) is 6.80. The molecule has 1 aromatic heterocycles. The van der Waals surface area contributed by atoms with Gasteiger partial charge in [0.15, 0.2) is 11.5 Å². The van der Waals surface area contributed by atoms with Gasteiger partial charge in [0.25, 0.3) is 5.56 Å². The van der Waals surface area contributed by atoms with Crippen molar-refractivity contribution >= 4 is 38.4 Å². The normalized spacial score (nSPS) is 12.8. The highest BCUT2D eigenvalue weighted by Gasteiger charge is 2.16. The van der Waals surface area contributed by atoms with E-state index in [1.165, 1.54) is 10.9 Å². The summed E-state index contributed by atoms with van der Waals surface area (Å²) < 4.78 is 13.0. The Morgan fingerprint density at radius 2 is 1.92 bits per heavy atom. The molecule has 26 heavy (non-hydrogen) atoms. The first-order chi connectivity index (χ1) is 12.6. The van der Waals surface area contributed by atoms with Crippen molar-refractivity contribution in [1.29, 1.82) is 0 Å². The van der Waals surface area contributed by atoms with E-state index in [1.54, 1.807) is 30.3 Å². The Hall–Kier alpha value is -2.87. The van der Waals surface area contributed by atoms with Crippen LogP contribution >= 0.6 is 15.9 Å². The molecular weight excluding hydrogens is 402 g/mol. The summed E-state index contributed by atoms with van der Waals surface area (Å²) in [6.45, 7) is 0.806. The number of anilines is 1. The molecule has 2 heterocycles. The van der Waals surface area contributed by atoms with Crippen molar-refractivity contribution in [3.8, 4) is 11.5 Å². The van der Waals surface area contributed by atoms with E-state index in [9.17, 15) is 9.59 Å². The number of ether oxygens (including phenoxy) is 2. The standard InChI is InChI=1S/C18H14BrN3O4/c19-12-7-15-16(26-6-5-25-15)8-14(12)21-17(23)9-22-10-20-13-4-2-1-3-11(13)18(22)24/h1-4,7-8,10H,5-6,9H2,(H,21,23). The lowest BCUT2D eigenvalue weighted by Crippen LogP contribution is -2.28. The fourth-order valence-corrected chi connectivity index (χ4v) is 3.14. The topological polar surface area (TPSA) is 82.5 Å². The minimum atomic E-state index is -0.346. The van der Waals surface area contributed by atoms with Crippen molar-refractivity contribution in [2.45, 2.75) is 6.54 Å². The maximum Gasteiger partial charge on any atom is 0.261 e. The maximum atomic E-state index is 12.5. The first kappa shape index (κ1) is 16.6. The number of carbonyl (C=O) groups is 1. The van der Waals surface area contributed by atoms with Gasteiger partial charge in [-0.25, -0.2) is 4.98 Å². The molecule has 0 saturated carbocycles. The summed E-state index contributed by atoms with van der Waals surface area (Å²) in [7, 11) is 0. The summed E-state index contributed by atoms with van der Waals surface area (Å²) in [6, 6.07) is 10.5. The Kier molecular flexibility index (Phi) is 4.34. The first-order valence-electron chi connectivity index (χ1n) is 7.95. The van der Waals surface area contributed by atoms with Crippen molar-refractivity contribution in [1.82, 2.24) is 9.55 Å². The summed E-state index contributed by atoms with van der Waals surface area (Å²) in [6.07, 6.45) is 1.38. The average molecular weight is 416 g/mol. The third-order valence-corrected chi connectivity index (χ3v) is 4.61. The zero-order valence-corrected chi connectivity index (χ0v) is 15.2. The van der Waals surface area contributed by atoms with Gasteiger partial charge in [-0.2, -0.15) is 0 Å². The Balaban J connectivity index is 1.56. The van der Waals surface area contributed by atoms with Gasteiger partial charge in [-0.15, -0.1) is 0 Å². The van der Waals surface area contributed by atoms with Crippen LogP contribution in [0.2, 0.25) is 0 Å². The number of benzene rings is 2. The van der Waals surface area contributed by atoms with Gasteiger partial charge >= 0.3 is 0 Å². The van der Waals surface area contributed by atoms with Crippen LogP contribution in [0.25, 0.3) is 10.9 Å². The predicted octanol–water partition coefficient (Wildman–Crippen LogP) is 2.57. The van der Waals surface area contributed by atoms with E-state index in [2.05, 4.69) is 26.2 Å². The van der Waals surface area contributed by atoms with Crippen LogP contribution in [0.4, 0.5) is 5.69 Å². The van der Waals surface area contributed by atoms with E-state index in [0.29, 0.717) is 45.8 Å². The van der Waals surface area contributed by atoms with Gasteiger partial charge in [0.2, 0.25) is 5.91 Å². The van der Waals surface area contributed by atoms with Crippen LogP contribution in [0.3, 0.4) is 0 Å². The second-order valence-corrected chi connectivity index (χ2v) is 6.57. The zero-order valence-electron chi connectivity index (χ0n) is 13.6. The summed E-state index contributed by atoms with van der Waals surface area (Å²) in [4.78, 5) is 29.1. The fraction of sp³-hybridized carbons (Fsp3) is 0.167. The van der Waals surface area contributed by atoms with Crippen LogP contribution in [0, 0.1) is 0 Å². The second-order valence-electron chi connectivity index (χ2n) is 5.72. The van der Waals surface area contributed by atoms with Crippen molar-refractivity contribution in [3.63, 3.8) is 0 Å². The van der Waals surface area contributed by atoms with Gasteiger partial charge in [0, 0.05) is 16.6 Å². The number of carbonyl (C=O) groups excluding carboxylic acids is 1. The number of hydrogen-bond acceptors (Lipinski definition) is 5. The summed E-state index contributed by atoms with van der Waals surface area (Å²) in [5, 5.41) is 3.25. The summed E-state index contributed by atoms with van der Waals surface area (Å²) in [5.41, 5.74) is 0.886. The van der Waals surface area contributed by atoms with E-state index in [0.717, 1.165) is 0 Å². The molecule has 0 saturated heterocycles. The van der Waals surface area contributed by atoms with Gasteiger partial charge in [0.1, 0.15) is 19.8 Å². The van der Waals surface area contributed by atoms with E-state index < -0.39 is 0 Å². The fourth-order valence-electron chi connectivity index (χ4n) is 2.72. The third kappa shape index (κ3) is 3.15. The lowest BCUT2D eigenvalue weighted by Gasteiger charge is -2.20. The molecule has 0 bridgehead atoms. The zero-order chi connectivity index (χ0) is 18.1. The third-order valence-electron chi connectivity index (χ3n) is 3.95. The monoisotopic (exact) mass is 415 g/mol. The number of nitrogens with zero attached hydrogens (tertiary/aromatic N) is 2. The van der Waals surface area contributed by atoms with E-state index in [1.807, 2.05) is 6.07 Å². The highest BCUT2D eigenvalue weighted by Crippen LogP contribution is 2.38. The number of fused-ring (bicyclic) bond motifs is 2. The number of para-hydroxylation sites is 1. The van der Waals surface area contributed by atoms with Crippen LogP contribution in [-0.4, -0.2) is 28.7 Å². The van der Waals surface area contributed by atoms with E-state index in [4.69, 9.17) is 9.47 Å². The van der Waals surface area contributed by atoms with Crippen molar-refractivity contribution < 1.29 is 14.3 Å². The average Bonchev–Trinajstić information content (AvgIpc) is 2.65. The van der Waals surface area contributed by atoms with Crippen LogP contribution < -0.4 is 20.3 Å². The predicted molar refractivity (Wildman–Crippen MR) is 99.8 cm³/mol. The smallest absolute Gasteiger partial charge is 0.261 e. The van der Waals surface area contributed by atoms with Crippen LogP contribution in [0.5, 0.6) is 11.5 Å². The molecule has 0 radical (unpaired) electrons. The van der Waals surface area contributed by atoms with E-state index in [-0.39, 0.29) is 18.0 Å². The number of nitrogens with one attached hydrogen (secondary N) is 1. The molecule has 0 atom stereocenters. The number of halogens is 1. The molecule has 1 aliphatic heterocycles. The van der Waals surface area contributed by atoms with Crippen molar-refractivity contribution in [3.05, 3.63) is 57.6 Å². The lowest BCUT2D eigenvalue weighted by atomic mass is 10.2. The van der Waals surface area contributed by atoms with Gasteiger partial charge in [-0.3, -0.25) is 14.2 Å². The van der Waals surface area contributed by atoms with E-state index >= 15 is 0 Å². The molecule has 2 aromatic carbocycles. The molecule has 7 nitrogen and oxygen atoms in total. The summed E-state index contributed by atoms with van der Waals surface area (Å²) >= 11 is 3.41. The molecule has 8 heteroatoms. The number of rotatable bonds is 3. The molecule has 4 rings (SSSR count). The van der Waals surface area contributed by atoms with Crippen molar-refractivity contribution in [2.75, 3.05) is 18.5 Å². The summed E-state index contributed by atoms with van der Waals surface area (Å²) in [5.74, 6) is 0.844. The molecule has 0 spiro atoms. The largest absolute Gasteiger partial charge is 0.486 e. The minimum Gasteiger partial charge on any atom is -0.486 e. The highest BCUT2D eigenvalue weighted by molar-refractivity contribution is 9.10.